The third kappa shape index (κ3) is 2.52. The summed E-state index contributed by atoms with van der Waals surface area (Å²) in [7, 11) is 5.65. The smallest absolute Gasteiger partial charge is 0.257 e. The number of ether oxygens (including phenoxy) is 1. The molecule has 4 nitrogen and oxygen atoms in total. The Kier molecular flexibility index (Phi) is 3.92. The number of hydrogen-bond donors (Lipinski definition) is 0. The molecule has 0 spiro atoms. The summed E-state index contributed by atoms with van der Waals surface area (Å²) < 4.78 is 6.12. The molecule has 0 saturated carbocycles. The van der Waals surface area contributed by atoms with Gasteiger partial charge in [-0.15, -0.1) is 0 Å². The normalized spacial score (nSPS) is 15.7. The molecule has 1 aliphatic rings. The highest BCUT2D eigenvalue weighted by molar-refractivity contribution is 9.10. The summed E-state index contributed by atoms with van der Waals surface area (Å²) in [4.78, 5) is 16.3. The molecule has 1 fully saturated rings. The van der Waals surface area contributed by atoms with Gasteiger partial charge in [-0.05, 0) is 32.3 Å². The van der Waals surface area contributed by atoms with E-state index in [9.17, 15) is 4.79 Å². The van der Waals surface area contributed by atoms with E-state index in [0.29, 0.717) is 17.4 Å². The average Bonchev–Trinajstić information content (AvgIpc) is 2.26. The average molecular weight is 313 g/mol. The summed E-state index contributed by atoms with van der Waals surface area (Å²) in [6, 6.07) is 5.95. The molecule has 98 valence electrons. The van der Waals surface area contributed by atoms with Crippen LogP contribution >= 0.6 is 15.9 Å². The summed E-state index contributed by atoms with van der Waals surface area (Å²) >= 11 is 3.38. The first-order valence-electron chi connectivity index (χ1n) is 5.82. The Balaban J connectivity index is 2.13. The van der Waals surface area contributed by atoms with Gasteiger partial charge in [0.1, 0.15) is 5.75 Å². The Hall–Kier alpha value is -1.07. The predicted octanol–water partition coefficient (Wildman–Crippen LogP) is 1.84. The fourth-order valence-electron chi connectivity index (χ4n) is 1.97. The molecule has 0 radical (unpaired) electrons. The molecular formula is C13H17BrN2O2. The third-order valence-corrected chi connectivity index (χ3v) is 3.76. The van der Waals surface area contributed by atoms with E-state index >= 15 is 0 Å². The van der Waals surface area contributed by atoms with Crippen LogP contribution in [0.25, 0.3) is 0 Å². The second kappa shape index (κ2) is 5.28. The van der Waals surface area contributed by atoms with Crippen LogP contribution in [0.1, 0.15) is 10.4 Å². The molecule has 1 saturated heterocycles. The van der Waals surface area contributed by atoms with Gasteiger partial charge >= 0.3 is 0 Å². The maximum atomic E-state index is 12.3. The van der Waals surface area contributed by atoms with Gasteiger partial charge in [0.05, 0.1) is 12.7 Å². The Bertz CT molecular complexity index is 456. The van der Waals surface area contributed by atoms with Crippen molar-refractivity contribution < 1.29 is 9.53 Å². The van der Waals surface area contributed by atoms with Gasteiger partial charge in [-0.25, -0.2) is 0 Å². The quantitative estimate of drug-likeness (QED) is 0.854. The Morgan fingerprint density at radius 2 is 2.11 bits per heavy atom. The van der Waals surface area contributed by atoms with Crippen molar-refractivity contribution in [3.05, 3.63) is 28.2 Å². The lowest BCUT2D eigenvalue weighted by Crippen LogP contribution is -2.59. The van der Waals surface area contributed by atoms with E-state index < -0.39 is 0 Å². The molecule has 1 amide bonds. The van der Waals surface area contributed by atoms with E-state index in [0.717, 1.165) is 17.6 Å². The first-order chi connectivity index (χ1) is 8.52. The number of carbonyl (C=O) groups is 1. The maximum absolute atomic E-state index is 12.3. The molecule has 0 aromatic heterocycles. The number of amides is 1. The Morgan fingerprint density at radius 3 is 2.67 bits per heavy atom. The minimum atomic E-state index is 0.0336. The zero-order valence-corrected chi connectivity index (χ0v) is 12.4. The summed E-state index contributed by atoms with van der Waals surface area (Å²) in [6.07, 6.45) is 0. The number of nitrogens with zero attached hydrogens (tertiary/aromatic N) is 2. The zero-order valence-electron chi connectivity index (χ0n) is 10.8. The number of rotatable bonds is 3. The molecule has 1 aromatic rings. The standard InChI is InChI=1S/C13H17BrN2O2/c1-15(2)10-7-16(8-10)13(17)11-6-9(14)4-5-12(11)18-3/h4-6,10H,7-8H2,1-3H3. The van der Waals surface area contributed by atoms with Crippen molar-refractivity contribution >= 4 is 21.8 Å². The number of halogens is 1. The van der Waals surface area contributed by atoms with Crippen molar-refractivity contribution in [2.45, 2.75) is 6.04 Å². The van der Waals surface area contributed by atoms with Crippen molar-refractivity contribution in [3.8, 4) is 5.75 Å². The molecule has 0 N–H and O–H groups in total. The summed E-state index contributed by atoms with van der Waals surface area (Å²) in [5, 5.41) is 0. The van der Waals surface area contributed by atoms with Crippen LogP contribution in [0.5, 0.6) is 5.75 Å². The number of hydrogen-bond acceptors (Lipinski definition) is 3. The molecule has 5 heteroatoms. The van der Waals surface area contributed by atoms with Crippen LogP contribution in [0.2, 0.25) is 0 Å². The van der Waals surface area contributed by atoms with Gasteiger partial charge in [0.15, 0.2) is 0 Å². The third-order valence-electron chi connectivity index (χ3n) is 3.27. The van der Waals surface area contributed by atoms with Crippen LogP contribution < -0.4 is 4.74 Å². The van der Waals surface area contributed by atoms with Crippen molar-refractivity contribution in [2.24, 2.45) is 0 Å². The summed E-state index contributed by atoms with van der Waals surface area (Å²) in [5.74, 6) is 0.655. The van der Waals surface area contributed by atoms with E-state index in [4.69, 9.17) is 4.74 Å². The van der Waals surface area contributed by atoms with Crippen LogP contribution in [0, 0.1) is 0 Å². The molecule has 1 aliphatic heterocycles. The first kappa shape index (κ1) is 13.4. The van der Waals surface area contributed by atoms with Gasteiger partial charge in [-0.3, -0.25) is 4.79 Å². The van der Waals surface area contributed by atoms with E-state index in [-0.39, 0.29) is 5.91 Å². The van der Waals surface area contributed by atoms with Gasteiger partial charge in [0.2, 0.25) is 0 Å². The van der Waals surface area contributed by atoms with Crippen molar-refractivity contribution in [3.63, 3.8) is 0 Å². The number of methoxy groups -OCH3 is 1. The van der Waals surface area contributed by atoms with Gasteiger partial charge in [0, 0.05) is 23.6 Å². The van der Waals surface area contributed by atoms with E-state index in [1.165, 1.54) is 0 Å². The van der Waals surface area contributed by atoms with Gasteiger partial charge in [-0.2, -0.15) is 0 Å². The minimum absolute atomic E-state index is 0.0336. The van der Waals surface area contributed by atoms with E-state index in [1.807, 2.05) is 31.1 Å². The van der Waals surface area contributed by atoms with Crippen LogP contribution in [-0.2, 0) is 0 Å². The number of carbonyl (C=O) groups excluding carboxylic acids is 1. The van der Waals surface area contributed by atoms with Gasteiger partial charge in [0.25, 0.3) is 5.91 Å². The van der Waals surface area contributed by atoms with Crippen molar-refractivity contribution in [1.82, 2.24) is 9.80 Å². The zero-order chi connectivity index (χ0) is 13.3. The molecule has 1 aromatic carbocycles. The van der Waals surface area contributed by atoms with E-state index in [2.05, 4.69) is 20.8 Å². The highest BCUT2D eigenvalue weighted by atomic mass is 79.9. The van der Waals surface area contributed by atoms with Crippen molar-refractivity contribution in [2.75, 3.05) is 34.3 Å². The highest BCUT2D eigenvalue weighted by Crippen LogP contribution is 2.26. The monoisotopic (exact) mass is 312 g/mol. The molecule has 0 bridgehead atoms. The first-order valence-corrected chi connectivity index (χ1v) is 6.61. The summed E-state index contributed by atoms with van der Waals surface area (Å²) in [6.45, 7) is 1.56. The molecular weight excluding hydrogens is 296 g/mol. The number of likely N-dealkylation sites (N-methyl/N-ethyl adjacent to an activating group) is 1. The Morgan fingerprint density at radius 1 is 1.44 bits per heavy atom. The van der Waals surface area contributed by atoms with Gasteiger partial charge < -0.3 is 14.5 Å². The lowest BCUT2D eigenvalue weighted by Gasteiger charge is -2.42. The highest BCUT2D eigenvalue weighted by Gasteiger charge is 2.33. The minimum Gasteiger partial charge on any atom is -0.496 e. The summed E-state index contributed by atoms with van der Waals surface area (Å²) in [5.41, 5.74) is 0.615. The molecule has 0 aliphatic carbocycles. The van der Waals surface area contributed by atoms with E-state index in [1.54, 1.807) is 13.2 Å². The van der Waals surface area contributed by atoms with Crippen LogP contribution in [-0.4, -0.2) is 56.0 Å². The second-order valence-electron chi connectivity index (χ2n) is 4.67. The second-order valence-corrected chi connectivity index (χ2v) is 5.59. The van der Waals surface area contributed by atoms with Crippen LogP contribution in [0.4, 0.5) is 0 Å². The largest absolute Gasteiger partial charge is 0.496 e. The lowest BCUT2D eigenvalue weighted by atomic mass is 10.1. The fourth-order valence-corrected chi connectivity index (χ4v) is 2.33. The molecule has 0 unspecified atom stereocenters. The molecule has 18 heavy (non-hydrogen) atoms. The van der Waals surface area contributed by atoms with Crippen LogP contribution in [0.15, 0.2) is 22.7 Å². The SMILES string of the molecule is COc1ccc(Br)cc1C(=O)N1CC(N(C)C)C1. The number of likely N-dealkylation sites (tertiary alicyclic amines) is 1. The maximum Gasteiger partial charge on any atom is 0.257 e. The molecule has 1 heterocycles. The molecule has 2 rings (SSSR count). The predicted molar refractivity (Wildman–Crippen MR) is 74.1 cm³/mol. The topological polar surface area (TPSA) is 32.8 Å². The van der Waals surface area contributed by atoms with Crippen LogP contribution in [0.3, 0.4) is 0 Å². The van der Waals surface area contributed by atoms with Gasteiger partial charge in [-0.1, -0.05) is 15.9 Å². The Labute approximate surface area is 116 Å². The lowest BCUT2D eigenvalue weighted by molar-refractivity contribution is 0.0396. The van der Waals surface area contributed by atoms with Crippen molar-refractivity contribution in [1.29, 1.82) is 0 Å². The molecule has 0 atom stereocenters. The fraction of sp³-hybridized carbons (Fsp3) is 0.462. The number of benzene rings is 1.